The van der Waals surface area contributed by atoms with E-state index in [2.05, 4.69) is 42.2 Å². The smallest absolute Gasteiger partial charge is 0.307 e. The molecule has 0 atom stereocenters. The Kier molecular flexibility index (Phi) is 5.23. The van der Waals surface area contributed by atoms with Crippen LogP contribution in [0.1, 0.15) is 21.5 Å². The third-order valence-electron chi connectivity index (χ3n) is 2.79. The maximum absolute atomic E-state index is 13.0. The predicted octanol–water partition coefficient (Wildman–Crippen LogP) is 5.01. The highest BCUT2D eigenvalue weighted by molar-refractivity contribution is 9.10. The number of hydrogen-bond acceptors (Lipinski definition) is 2. The van der Waals surface area contributed by atoms with E-state index in [9.17, 15) is 18.0 Å². The number of pyridine rings is 1. The Hall–Kier alpha value is -1.41. The molecule has 0 radical (unpaired) electrons. The molecule has 2 rings (SSSR count). The first kappa shape index (κ1) is 17.0. The molecule has 22 heavy (non-hydrogen) atoms. The zero-order valence-electron chi connectivity index (χ0n) is 10.9. The molecule has 0 fully saturated rings. The lowest BCUT2D eigenvalue weighted by molar-refractivity contribution is -0.138. The van der Waals surface area contributed by atoms with Gasteiger partial charge in [-0.05, 0) is 29.8 Å². The van der Waals surface area contributed by atoms with Crippen LogP contribution in [0.5, 0.6) is 0 Å². The summed E-state index contributed by atoms with van der Waals surface area (Å²) in [7, 11) is 0. The highest BCUT2D eigenvalue weighted by atomic mass is 79.9. The van der Waals surface area contributed by atoms with Crippen LogP contribution in [0.15, 0.2) is 41.0 Å². The highest BCUT2D eigenvalue weighted by Gasteiger charge is 2.33. The second-order valence-corrected chi connectivity index (χ2v) is 5.79. The second-order valence-electron chi connectivity index (χ2n) is 4.32. The third kappa shape index (κ3) is 4.07. The van der Waals surface area contributed by atoms with Gasteiger partial charge in [-0.3, -0.25) is 4.79 Å². The number of alkyl halides is 4. The average molecular weight is 438 g/mol. The van der Waals surface area contributed by atoms with Crippen molar-refractivity contribution in [1.29, 1.82) is 0 Å². The molecular formula is C14H9Br2F3N2O. The number of aromatic nitrogens is 1. The molecule has 8 heteroatoms. The van der Waals surface area contributed by atoms with Crippen molar-refractivity contribution in [3.8, 4) is 0 Å². The summed E-state index contributed by atoms with van der Waals surface area (Å²) in [5.41, 5.74) is -0.845. The van der Waals surface area contributed by atoms with E-state index in [0.717, 1.165) is 6.07 Å². The third-order valence-corrected chi connectivity index (χ3v) is 3.88. The summed E-state index contributed by atoms with van der Waals surface area (Å²) >= 11 is 6.23. The fourth-order valence-corrected chi connectivity index (χ4v) is 2.58. The van der Waals surface area contributed by atoms with Crippen molar-refractivity contribution in [2.24, 2.45) is 0 Å². The Morgan fingerprint density at radius 3 is 2.55 bits per heavy atom. The van der Waals surface area contributed by atoms with Crippen LogP contribution in [0.25, 0.3) is 0 Å². The number of carbonyl (C=O) groups excluding carboxylic acids is 1. The van der Waals surface area contributed by atoms with Crippen LogP contribution in [0.4, 0.5) is 19.0 Å². The quantitative estimate of drug-likeness (QED) is 0.685. The molecule has 0 aliphatic heterocycles. The van der Waals surface area contributed by atoms with Gasteiger partial charge < -0.3 is 5.32 Å². The Bertz CT molecular complexity index is 705. The summed E-state index contributed by atoms with van der Waals surface area (Å²) in [5.74, 6) is -0.408. The van der Waals surface area contributed by atoms with Crippen molar-refractivity contribution in [2.75, 3.05) is 5.32 Å². The van der Waals surface area contributed by atoms with Crippen LogP contribution in [-0.4, -0.2) is 10.9 Å². The van der Waals surface area contributed by atoms with E-state index < -0.39 is 17.6 Å². The summed E-state index contributed by atoms with van der Waals surface area (Å²) in [5, 5.41) is 2.51. The minimum absolute atomic E-state index is 0.0525. The zero-order valence-corrected chi connectivity index (χ0v) is 14.1. The lowest BCUT2D eigenvalue weighted by Crippen LogP contribution is -2.16. The van der Waals surface area contributed by atoms with Gasteiger partial charge in [0.1, 0.15) is 5.82 Å². The Morgan fingerprint density at radius 2 is 1.95 bits per heavy atom. The maximum atomic E-state index is 13.0. The lowest BCUT2D eigenvalue weighted by Gasteiger charge is -2.13. The van der Waals surface area contributed by atoms with Crippen molar-refractivity contribution < 1.29 is 18.0 Å². The fourth-order valence-electron chi connectivity index (χ4n) is 1.76. The van der Waals surface area contributed by atoms with Gasteiger partial charge in [-0.15, -0.1) is 0 Å². The van der Waals surface area contributed by atoms with Gasteiger partial charge in [0.05, 0.1) is 5.56 Å². The molecule has 0 unspecified atom stereocenters. The molecule has 3 nitrogen and oxygen atoms in total. The summed E-state index contributed by atoms with van der Waals surface area (Å²) in [6.07, 6.45) is -3.05. The van der Waals surface area contributed by atoms with Crippen LogP contribution in [-0.2, 0) is 11.5 Å². The van der Waals surface area contributed by atoms with Crippen LogP contribution in [0, 0.1) is 0 Å². The van der Waals surface area contributed by atoms with E-state index in [0.29, 0.717) is 4.47 Å². The zero-order chi connectivity index (χ0) is 16.3. The number of hydrogen-bond donors (Lipinski definition) is 1. The minimum atomic E-state index is -4.52. The summed E-state index contributed by atoms with van der Waals surface area (Å²) in [6.45, 7) is 0. The van der Waals surface area contributed by atoms with Gasteiger partial charge in [-0.25, -0.2) is 4.98 Å². The van der Waals surface area contributed by atoms with Gasteiger partial charge in [0.25, 0.3) is 5.91 Å². The van der Waals surface area contributed by atoms with Crippen molar-refractivity contribution in [3.63, 3.8) is 0 Å². The van der Waals surface area contributed by atoms with Crippen molar-refractivity contribution in [2.45, 2.75) is 11.5 Å². The molecule has 1 amide bonds. The lowest BCUT2D eigenvalue weighted by atomic mass is 10.0. The van der Waals surface area contributed by atoms with Gasteiger partial charge in [-0.1, -0.05) is 37.9 Å². The van der Waals surface area contributed by atoms with E-state index in [1.165, 1.54) is 18.3 Å². The van der Waals surface area contributed by atoms with Gasteiger partial charge in [-0.2, -0.15) is 13.2 Å². The van der Waals surface area contributed by atoms with Crippen LogP contribution < -0.4 is 5.32 Å². The van der Waals surface area contributed by atoms with E-state index in [-0.39, 0.29) is 22.3 Å². The molecule has 0 saturated heterocycles. The molecular weight excluding hydrogens is 429 g/mol. The Balaban J connectivity index is 2.30. The number of anilines is 1. The number of amides is 1. The number of nitrogens with one attached hydrogen (secondary N) is 1. The number of nitrogens with zero attached hydrogens (tertiary/aromatic N) is 1. The van der Waals surface area contributed by atoms with E-state index in [1.807, 2.05) is 0 Å². The molecule has 1 aromatic carbocycles. The number of benzene rings is 1. The molecule has 0 bridgehead atoms. The molecule has 0 spiro atoms. The van der Waals surface area contributed by atoms with Crippen LogP contribution in [0.3, 0.4) is 0 Å². The molecule has 116 valence electrons. The van der Waals surface area contributed by atoms with E-state index in [1.54, 1.807) is 12.1 Å². The first-order valence-corrected chi connectivity index (χ1v) is 7.91. The van der Waals surface area contributed by atoms with Crippen molar-refractivity contribution in [1.82, 2.24) is 4.98 Å². The standard InChI is InChI=1S/C14H9Br2F3N2O/c15-7-9-2-1-8(5-11(9)14(17,18)19)13(22)21-12-6-10(16)3-4-20-12/h1-6H,7H2,(H,20,21,22). The minimum Gasteiger partial charge on any atom is -0.307 e. The monoisotopic (exact) mass is 436 g/mol. The Morgan fingerprint density at radius 1 is 1.23 bits per heavy atom. The molecule has 0 aliphatic rings. The topological polar surface area (TPSA) is 42.0 Å². The first-order chi connectivity index (χ1) is 10.3. The largest absolute Gasteiger partial charge is 0.416 e. The van der Waals surface area contributed by atoms with Gasteiger partial charge in [0.15, 0.2) is 0 Å². The second kappa shape index (κ2) is 6.78. The maximum Gasteiger partial charge on any atom is 0.416 e. The van der Waals surface area contributed by atoms with Crippen LogP contribution >= 0.6 is 31.9 Å². The van der Waals surface area contributed by atoms with Gasteiger partial charge >= 0.3 is 6.18 Å². The normalized spacial score (nSPS) is 11.3. The molecule has 1 N–H and O–H groups in total. The summed E-state index contributed by atoms with van der Waals surface area (Å²) in [6, 6.07) is 6.68. The average Bonchev–Trinajstić information content (AvgIpc) is 2.45. The SMILES string of the molecule is O=C(Nc1cc(Br)ccn1)c1ccc(CBr)c(C(F)(F)F)c1. The summed E-state index contributed by atoms with van der Waals surface area (Å²) < 4.78 is 39.7. The van der Waals surface area contributed by atoms with Crippen LogP contribution in [0.2, 0.25) is 0 Å². The molecule has 0 saturated carbocycles. The van der Waals surface area contributed by atoms with E-state index in [4.69, 9.17) is 0 Å². The fraction of sp³-hybridized carbons (Fsp3) is 0.143. The molecule has 1 aromatic heterocycles. The predicted molar refractivity (Wildman–Crippen MR) is 84.0 cm³/mol. The van der Waals surface area contributed by atoms with Crippen molar-refractivity contribution >= 4 is 43.6 Å². The number of rotatable bonds is 3. The first-order valence-electron chi connectivity index (χ1n) is 6.00. The molecule has 1 heterocycles. The summed E-state index contributed by atoms with van der Waals surface area (Å²) in [4.78, 5) is 16.0. The highest BCUT2D eigenvalue weighted by Crippen LogP contribution is 2.33. The van der Waals surface area contributed by atoms with Gasteiger partial charge in [0, 0.05) is 21.6 Å². The molecule has 2 aromatic rings. The number of halogens is 5. The van der Waals surface area contributed by atoms with Gasteiger partial charge in [0.2, 0.25) is 0 Å². The molecule has 0 aliphatic carbocycles. The Labute approximate surface area is 141 Å². The van der Waals surface area contributed by atoms with E-state index >= 15 is 0 Å². The number of carbonyl (C=O) groups is 1. The van der Waals surface area contributed by atoms with Crippen molar-refractivity contribution in [3.05, 3.63) is 57.7 Å².